The Kier molecular flexibility index (Phi) is 5.70. The van der Waals surface area contributed by atoms with Crippen LogP contribution in [-0.4, -0.2) is 35.3 Å². The lowest BCUT2D eigenvalue weighted by molar-refractivity contribution is 0.0935. The van der Waals surface area contributed by atoms with E-state index in [0.717, 1.165) is 17.5 Å². The van der Waals surface area contributed by atoms with Crippen molar-refractivity contribution in [1.29, 1.82) is 0 Å². The van der Waals surface area contributed by atoms with Gasteiger partial charge in [-0.1, -0.05) is 0 Å². The van der Waals surface area contributed by atoms with Gasteiger partial charge < -0.3 is 15.8 Å². The van der Waals surface area contributed by atoms with Gasteiger partial charge in [-0.2, -0.15) is 5.10 Å². The molecule has 4 N–H and O–H groups in total. The number of hydrogen-bond acceptors (Lipinski definition) is 4. The molecule has 1 amide bonds. The van der Waals surface area contributed by atoms with Gasteiger partial charge in [0.25, 0.3) is 5.91 Å². The number of carbonyl (C=O) groups excluding carboxylic acids is 1. The van der Waals surface area contributed by atoms with Gasteiger partial charge >= 0.3 is 0 Å². The Bertz CT molecular complexity index is 672. The molecule has 0 radical (unpaired) electrons. The molecule has 0 fully saturated rings. The molecule has 1 heterocycles. The lowest BCUT2D eigenvalue weighted by Crippen LogP contribution is -2.34. The summed E-state index contributed by atoms with van der Waals surface area (Å²) in [5.41, 5.74) is 7.36. The van der Waals surface area contributed by atoms with Crippen molar-refractivity contribution in [2.45, 2.75) is 26.3 Å². The molecule has 0 saturated carbocycles. The van der Waals surface area contributed by atoms with E-state index in [0.29, 0.717) is 18.7 Å². The third kappa shape index (κ3) is 4.79. The molecule has 124 valence electrons. The summed E-state index contributed by atoms with van der Waals surface area (Å²) in [5.74, 6) is -0.570. The number of aromatic nitrogens is 2. The first-order chi connectivity index (χ1) is 11.0. The molecule has 7 heteroatoms. The Labute approximate surface area is 134 Å². The molecule has 0 spiro atoms. The number of nitrogens with one attached hydrogen (secondary N) is 2. The van der Waals surface area contributed by atoms with Gasteiger partial charge in [-0.05, 0) is 38.1 Å². The topological polar surface area (TPSA) is 93.0 Å². The number of nitrogens with two attached hydrogens (primary N) is 1. The highest BCUT2D eigenvalue weighted by Crippen LogP contribution is 2.20. The highest BCUT2D eigenvalue weighted by atomic mass is 19.1. The summed E-state index contributed by atoms with van der Waals surface area (Å²) in [6.07, 6.45) is 0.574. The molecule has 6 nitrogen and oxygen atoms in total. The third-order valence-corrected chi connectivity index (χ3v) is 3.21. The van der Waals surface area contributed by atoms with E-state index in [2.05, 4.69) is 15.5 Å². The maximum absolute atomic E-state index is 13.4. The van der Waals surface area contributed by atoms with Crippen LogP contribution in [0.15, 0.2) is 24.3 Å². The van der Waals surface area contributed by atoms with Gasteiger partial charge in [0.05, 0.1) is 11.3 Å². The van der Waals surface area contributed by atoms with Crippen LogP contribution in [0.3, 0.4) is 0 Å². The predicted molar refractivity (Wildman–Crippen MR) is 84.9 cm³/mol. The van der Waals surface area contributed by atoms with Crippen molar-refractivity contribution in [3.8, 4) is 5.75 Å². The summed E-state index contributed by atoms with van der Waals surface area (Å²) in [6, 6.07) is 5.60. The number of hydrogen-bond donors (Lipinski definition) is 3. The summed E-state index contributed by atoms with van der Waals surface area (Å²) < 4.78 is 18.8. The molecule has 0 saturated heterocycles. The standard InChI is InChI=1S/C16H21FN4O2/c1-10(7-13-8-11(2)20-21-13)19-16(22)14-9-12(17)3-4-15(14)23-6-5-18/h3-4,8-10H,5-7,18H2,1-2H3,(H,19,22)(H,20,21)/t10-/m1/s1. The monoisotopic (exact) mass is 320 g/mol. The molecule has 0 aliphatic heterocycles. The number of amides is 1. The number of ether oxygens (including phenoxy) is 1. The zero-order valence-corrected chi connectivity index (χ0v) is 13.2. The summed E-state index contributed by atoms with van der Waals surface area (Å²) in [5, 5.41) is 9.81. The van der Waals surface area contributed by atoms with Crippen molar-refractivity contribution in [3.63, 3.8) is 0 Å². The normalized spacial score (nSPS) is 12.0. The predicted octanol–water partition coefficient (Wildman–Crippen LogP) is 1.56. The Hall–Kier alpha value is -2.41. The van der Waals surface area contributed by atoms with Gasteiger partial charge in [0.1, 0.15) is 18.2 Å². The number of aromatic amines is 1. The quantitative estimate of drug-likeness (QED) is 0.722. The van der Waals surface area contributed by atoms with E-state index >= 15 is 0 Å². The highest BCUT2D eigenvalue weighted by molar-refractivity contribution is 5.97. The molecular formula is C16H21FN4O2. The lowest BCUT2D eigenvalue weighted by Gasteiger charge is -2.15. The molecule has 0 aliphatic carbocycles. The average Bonchev–Trinajstić information content (AvgIpc) is 2.90. The first kappa shape index (κ1) is 17.0. The van der Waals surface area contributed by atoms with Gasteiger partial charge in [0, 0.05) is 24.7 Å². The maximum atomic E-state index is 13.4. The minimum atomic E-state index is -0.495. The van der Waals surface area contributed by atoms with Crippen LogP contribution in [-0.2, 0) is 6.42 Å². The smallest absolute Gasteiger partial charge is 0.255 e. The number of halogens is 1. The zero-order valence-electron chi connectivity index (χ0n) is 13.2. The van der Waals surface area contributed by atoms with Crippen LogP contribution in [0.2, 0.25) is 0 Å². The molecular weight excluding hydrogens is 299 g/mol. The molecule has 1 aromatic carbocycles. The van der Waals surface area contributed by atoms with Crippen molar-refractivity contribution < 1.29 is 13.9 Å². The van der Waals surface area contributed by atoms with Crippen molar-refractivity contribution in [2.75, 3.05) is 13.2 Å². The number of carbonyl (C=O) groups is 1. The fraction of sp³-hybridized carbons (Fsp3) is 0.375. The summed E-state index contributed by atoms with van der Waals surface area (Å²) in [7, 11) is 0. The maximum Gasteiger partial charge on any atom is 0.255 e. The average molecular weight is 320 g/mol. The molecule has 1 atom stereocenters. The molecule has 0 aliphatic rings. The van der Waals surface area contributed by atoms with Crippen LogP contribution in [0.1, 0.15) is 28.7 Å². The first-order valence-electron chi connectivity index (χ1n) is 7.43. The van der Waals surface area contributed by atoms with Crippen molar-refractivity contribution in [3.05, 3.63) is 47.0 Å². The highest BCUT2D eigenvalue weighted by Gasteiger charge is 2.17. The van der Waals surface area contributed by atoms with E-state index < -0.39 is 11.7 Å². The lowest BCUT2D eigenvalue weighted by atomic mass is 10.1. The van der Waals surface area contributed by atoms with E-state index in [1.54, 1.807) is 0 Å². The number of rotatable bonds is 7. The summed E-state index contributed by atoms with van der Waals surface area (Å²) in [4.78, 5) is 12.4. The number of benzene rings is 1. The van der Waals surface area contributed by atoms with E-state index in [1.807, 2.05) is 19.9 Å². The Morgan fingerprint density at radius 2 is 2.26 bits per heavy atom. The Morgan fingerprint density at radius 3 is 2.91 bits per heavy atom. The van der Waals surface area contributed by atoms with E-state index in [9.17, 15) is 9.18 Å². The molecule has 1 aromatic heterocycles. The molecule has 0 bridgehead atoms. The summed E-state index contributed by atoms with van der Waals surface area (Å²) in [6.45, 7) is 4.34. The first-order valence-corrected chi connectivity index (χ1v) is 7.43. The molecule has 2 rings (SSSR count). The van der Waals surface area contributed by atoms with Crippen LogP contribution in [0.4, 0.5) is 4.39 Å². The Balaban J connectivity index is 2.05. The van der Waals surface area contributed by atoms with Crippen molar-refractivity contribution in [1.82, 2.24) is 15.5 Å². The second-order valence-corrected chi connectivity index (χ2v) is 5.40. The van der Waals surface area contributed by atoms with Crippen molar-refractivity contribution >= 4 is 5.91 Å². The third-order valence-electron chi connectivity index (χ3n) is 3.21. The fourth-order valence-electron chi connectivity index (χ4n) is 2.22. The second-order valence-electron chi connectivity index (χ2n) is 5.40. The largest absolute Gasteiger partial charge is 0.491 e. The van der Waals surface area contributed by atoms with Crippen LogP contribution >= 0.6 is 0 Å². The number of nitrogens with zero attached hydrogens (tertiary/aromatic N) is 1. The minimum Gasteiger partial charge on any atom is -0.491 e. The Morgan fingerprint density at radius 1 is 1.48 bits per heavy atom. The van der Waals surface area contributed by atoms with E-state index in [1.165, 1.54) is 12.1 Å². The minimum absolute atomic E-state index is 0.156. The van der Waals surface area contributed by atoms with Gasteiger partial charge in [0.2, 0.25) is 0 Å². The van der Waals surface area contributed by atoms with E-state index in [-0.39, 0.29) is 18.2 Å². The summed E-state index contributed by atoms with van der Waals surface area (Å²) >= 11 is 0. The second kappa shape index (κ2) is 7.73. The molecule has 2 aromatic rings. The van der Waals surface area contributed by atoms with Crippen LogP contribution in [0, 0.1) is 12.7 Å². The van der Waals surface area contributed by atoms with Crippen LogP contribution < -0.4 is 15.8 Å². The van der Waals surface area contributed by atoms with Crippen LogP contribution in [0.5, 0.6) is 5.75 Å². The molecule has 23 heavy (non-hydrogen) atoms. The molecule has 0 unspecified atom stereocenters. The SMILES string of the molecule is Cc1cc(C[C@@H](C)NC(=O)c2cc(F)ccc2OCCN)n[nH]1. The van der Waals surface area contributed by atoms with Gasteiger partial charge in [-0.3, -0.25) is 9.89 Å². The zero-order chi connectivity index (χ0) is 16.8. The number of aryl methyl sites for hydroxylation is 1. The van der Waals surface area contributed by atoms with Gasteiger partial charge in [-0.25, -0.2) is 4.39 Å². The van der Waals surface area contributed by atoms with Gasteiger partial charge in [0.15, 0.2) is 0 Å². The van der Waals surface area contributed by atoms with Crippen LogP contribution in [0.25, 0.3) is 0 Å². The van der Waals surface area contributed by atoms with Crippen molar-refractivity contribution in [2.24, 2.45) is 5.73 Å². The van der Waals surface area contributed by atoms with Gasteiger partial charge in [-0.15, -0.1) is 0 Å². The fourth-order valence-corrected chi connectivity index (χ4v) is 2.22. The van der Waals surface area contributed by atoms with E-state index in [4.69, 9.17) is 10.5 Å². The number of H-pyrrole nitrogens is 1.